The molecule has 4 aromatic rings. The molecule has 0 radical (unpaired) electrons. The van der Waals surface area contributed by atoms with Crippen LogP contribution in [0, 0.1) is 11.3 Å². The van der Waals surface area contributed by atoms with E-state index < -0.39 is 0 Å². The zero-order valence-electron chi connectivity index (χ0n) is 16.6. The van der Waals surface area contributed by atoms with E-state index in [4.69, 9.17) is 4.98 Å². The first-order valence-electron chi connectivity index (χ1n) is 9.60. The van der Waals surface area contributed by atoms with Crippen LogP contribution in [-0.4, -0.2) is 36.5 Å². The molecule has 0 atom stereocenters. The Balaban J connectivity index is 1.62. The third-order valence-corrected chi connectivity index (χ3v) is 5.98. The summed E-state index contributed by atoms with van der Waals surface area (Å²) in [5, 5.41) is 26.0. The molecule has 8 nitrogen and oxygen atoms in total. The first-order valence-corrected chi connectivity index (χ1v) is 10.8. The molecule has 1 aliphatic rings. The number of imidazole rings is 1. The maximum atomic E-state index is 9.32. The van der Waals surface area contributed by atoms with Crippen LogP contribution in [0.15, 0.2) is 59.1 Å². The highest BCUT2D eigenvalue weighted by Crippen LogP contribution is 2.33. The minimum Gasteiger partial charge on any atom is -0.411 e. The Morgan fingerprint density at radius 1 is 1.23 bits per heavy atom. The molecule has 9 heteroatoms. The number of hydrogen-bond donors (Lipinski definition) is 2. The van der Waals surface area contributed by atoms with Gasteiger partial charge in [0.05, 0.1) is 23.2 Å². The van der Waals surface area contributed by atoms with E-state index >= 15 is 0 Å². The van der Waals surface area contributed by atoms with Gasteiger partial charge in [-0.1, -0.05) is 11.2 Å². The number of pyridine rings is 1. The summed E-state index contributed by atoms with van der Waals surface area (Å²) in [5.41, 5.74) is 6.30. The lowest BCUT2D eigenvalue weighted by atomic mass is 10.1. The number of anilines is 2. The van der Waals surface area contributed by atoms with Crippen molar-refractivity contribution in [2.45, 2.75) is 17.9 Å². The van der Waals surface area contributed by atoms with Crippen LogP contribution in [0.3, 0.4) is 0 Å². The lowest BCUT2D eigenvalue weighted by Crippen LogP contribution is -2.00. The minimum absolute atomic E-state index is 0.538. The summed E-state index contributed by atoms with van der Waals surface area (Å²) in [6.07, 6.45) is 8.71. The number of hydrogen-bond acceptors (Lipinski definition) is 8. The van der Waals surface area contributed by atoms with E-state index in [9.17, 15) is 10.5 Å². The third kappa shape index (κ3) is 3.27. The van der Waals surface area contributed by atoms with Crippen LogP contribution in [0.2, 0.25) is 0 Å². The fourth-order valence-electron chi connectivity index (χ4n) is 3.81. The van der Waals surface area contributed by atoms with Gasteiger partial charge < -0.3 is 10.5 Å². The first-order chi connectivity index (χ1) is 15.2. The van der Waals surface area contributed by atoms with E-state index in [-0.39, 0.29) is 0 Å². The Morgan fingerprint density at radius 3 is 2.94 bits per heavy atom. The number of aromatic nitrogens is 4. The summed E-state index contributed by atoms with van der Waals surface area (Å²) in [6.45, 7) is 0. The van der Waals surface area contributed by atoms with E-state index in [1.807, 2.05) is 35.1 Å². The smallest absolute Gasteiger partial charge is 0.157 e. The van der Waals surface area contributed by atoms with Crippen molar-refractivity contribution in [3.05, 3.63) is 65.6 Å². The zero-order valence-corrected chi connectivity index (χ0v) is 17.4. The summed E-state index contributed by atoms with van der Waals surface area (Å²) in [6, 6.07) is 11.7. The lowest BCUT2D eigenvalue weighted by molar-refractivity contribution is 0.318. The van der Waals surface area contributed by atoms with Crippen molar-refractivity contribution in [1.29, 1.82) is 5.26 Å². The molecule has 2 N–H and O–H groups in total. The summed E-state index contributed by atoms with van der Waals surface area (Å²) in [7, 11) is 0. The summed E-state index contributed by atoms with van der Waals surface area (Å²) in [4.78, 5) is 13.6. The van der Waals surface area contributed by atoms with Crippen LogP contribution in [0.4, 0.5) is 11.5 Å². The number of aryl methyl sites for hydroxylation is 1. The van der Waals surface area contributed by atoms with E-state index in [1.54, 1.807) is 18.5 Å². The number of fused-ring (bicyclic) bond motifs is 2. The van der Waals surface area contributed by atoms with Gasteiger partial charge in [0.15, 0.2) is 5.65 Å². The minimum atomic E-state index is 0.538. The van der Waals surface area contributed by atoms with Gasteiger partial charge >= 0.3 is 0 Å². The topological polar surface area (TPSA) is 111 Å². The second kappa shape index (κ2) is 7.74. The second-order valence-electron chi connectivity index (χ2n) is 7.02. The molecule has 3 aromatic heterocycles. The van der Waals surface area contributed by atoms with Gasteiger partial charge in [0, 0.05) is 23.6 Å². The van der Waals surface area contributed by atoms with E-state index in [1.165, 1.54) is 11.8 Å². The molecule has 0 fully saturated rings. The largest absolute Gasteiger partial charge is 0.411 e. The van der Waals surface area contributed by atoms with Gasteiger partial charge in [-0.3, -0.25) is 9.38 Å². The summed E-state index contributed by atoms with van der Waals surface area (Å²) in [5.74, 6) is 0.760. The zero-order chi connectivity index (χ0) is 21.4. The Labute approximate surface area is 182 Å². The van der Waals surface area contributed by atoms with E-state index in [0.717, 1.165) is 41.2 Å². The predicted octanol–water partition coefficient (Wildman–Crippen LogP) is 4.25. The van der Waals surface area contributed by atoms with E-state index in [2.05, 4.69) is 32.6 Å². The molecule has 0 saturated heterocycles. The molecule has 0 unspecified atom stereocenters. The molecule has 0 amide bonds. The molecule has 31 heavy (non-hydrogen) atoms. The van der Waals surface area contributed by atoms with Gasteiger partial charge in [-0.05, 0) is 48.9 Å². The van der Waals surface area contributed by atoms with Crippen LogP contribution in [0.5, 0.6) is 0 Å². The van der Waals surface area contributed by atoms with Crippen LogP contribution in [0.1, 0.15) is 23.1 Å². The second-order valence-corrected chi connectivity index (χ2v) is 7.82. The molecule has 1 aliphatic carbocycles. The highest BCUT2D eigenvalue weighted by Gasteiger charge is 2.20. The molecule has 0 bridgehead atoms. The third-order valence-electron chi connectivity index (χ3n) is 5.28. The highest BCUT2D eigenvalue weighted by atomic mass is 32.2. The molecule has 152 valence electrons. The van der Waals surface area contributed by atoms with Crippen molar-refractivity contribution in [1.82, 2.24) is 19.4 Å². The van der Waals surface area contributed by atoms with Gasteiger partial charge in [0.25, 0.3) is 0 Å². The number of benzene rings is 1. The van der Waals surface area contributed by atoms with Crippen molar-refractivity contribution in [3.63, 3.8) is 0 Å². The number of thioether (sulfide) groups is 1. The van der Waals surface area contributed by atoms with Crippen molar-refractivity contribution < 1.29 is 5.21 Å². The van der Waals surface area contributed by atoms with Gasteiger partial charge in [-0.25, -0.2) is 9.97 Å². The quantitative estimate of drug-likeness (QED) is 0.284. The summed E-state index contributed by atoms with van der Waals surface area (Å²) < 4.78 is 1.93. The van der Waals surface area contributed by atoms with Crippen LogP contribution in [0.25, 0.3) is 17.0 Å². The van der Waals surface area contributed by atoms with Crippen LogP contribution >= 0.6 is 11.8 Å². The number of nitrogens with zero attached hydrogens (tertiary/aromatic N) is 6. The lowest BCUT2D eigenvalue weighted by Gasteiger charge is -2.11. The van der Waals surface area contributed by atoms with Crippen molar-refractivity contribution in [2.75, 3.05) is 11.6 Å². The Morgan fingerprint density at radius 2 is 2.13 bits per heavy atom. The average Bonchev–Trinajstić information content (AvgIpc) is 3.39. The molecule has 1 aromatic carbocycles. The van der Waals surface area contributed by atoms with Crippen molar-refractivity contribution in [3.8, 4) is 17.5 Å². The van der Waals surface area contributed by atoms with Crippen LogP contribution < -0.4 is 5.32 Å². The van der Waals surface area contributed by atoms with Gasteiger partial charge in [0.1, 0.15) is 22.6 Å². The first kappa shape index (κ1) is 19.1. The maximum absolute atomic E-state index is 9.32. The number of nitriles is 1. The summed E-state index contributed by atoms with van der Waals surface area (Å²) >= 11 is 1.43. The number of oxime groups is 1. The fraction of sp³-hybridized carbons (Fsp3) is 0.136. The normalized spacial score (nSPS) is 14.0. The average molecular weight is 427 g/mol. The van der Waals surface area contributed by atoms with Gasteiger partial charge in [-0.2, -0.15) is 5.26 Å². The van der Waals surface area contributed by atoms with E-state index in [0.29, 0.717) is 27.6 Å². The number of nitrogens with one attached hydrogen (secondary N) is 1. The number of rotatable bonds is 4. The molecule has 0 saturated carbocycles. The standard InChI is InChI=1S/C22H17N7OS/c1-31-22-14(11-23)3-7-18(26-22)20-21(29-9-8-24-12-19(29)27-20)25-15-4-5-16-13(10-15)2-6-17(16)28-30/h3-5,7-10,12,25,30H,2,6H2,1H3/b28-17+. The van der Waals surface area contributed by atoms with Crippen LogP contribution in [-0.2, 0) is 6.42 Å². The fourth-order valence-corrected chi connectivity index (χ4v) is 4.33. The molecule has 3 heterocycles. The molecule has 0 spiro atoms. The molecule has 5 rings (SSSR count). The molecular weight excluding hydrogens is 410 g/mol. The SMILES string of the molecule is CSc1nc(-c2nc3cnccn3c2Nc2ccc3c(c2)CC/C3=N\O)ccc1C#N. The Kier molecular flexibility index (Phi) is 4.76. The maximum Gasteiger partial charge on any atom is 0.157 e. The van der Waals surface area contributed by atoms with Gasteiger partial charge in [0.2, 0.25) is 0 Å². The highest BCUT2D eigenvalue weighted by molar-refractivity contribution is 7.98. The monoisotopic (exact) mass is 427 g/mol. The van der Waals surface area contributed by atoms with Crippen molar-refractivity contribution >= 4 is 34.6 Å². The Bertz CT molecular complexity index is 1390. The molecule has 0 aliphatic heterocycles. The predicted molar refractivity (Wildman–Crippen MR) is 119 cm³/mol. The van der Waals surface area contributed by atoms with Gasteiger partial charge in [-0.15, -0.1) is 11.8 Å². The Hall–Kier alpha value is -3.90. The molecular formula is C22H17N7OS. The van der Waals surface area contributed by atoms with Crippen molar-refractivity contribution in [2.24, 2.45) is 5.16 Å².